The summed E-state index contributed by atoms with van der Waals surface area (Å²) in [5, 5.41) is 39.0. The summed E-state index contributed by atoms with van der Waals surface area (Å²) in [6, 6.07) is 5.37. The van der Waals surface area contributed by atoms with Crippen molar-refractivity contribution in [2.45, 2.75) is 13.0 Å². The van der Waals surface area contributed by atoms with Crippen LogP contribution in [0.25, 0.3) is 4.98 Å². The SMILES string of the molecule is CCO/C(O)=C(\[N+]#N)C(O)c1ccccc1[N+](=O)[O-]. The van der Waals surface area contributed by atoms with Crippen LogP contribution >= 0.6 is 0 Å². The Balaban J connectivity index is 3.27. The van der Waals surface area contributed by atoms with Gasteiger partial charge in [0.15, 0.2) is 4.98 Å². The second-order valence-electron chi connectivity index (χ2n) is 3.44. The summed E-state index contributed by atoms with van der Waals surface area (Å²) < 4.78 is 4.69. The Morgan fingerprint density at radius 3 is 2.74 bits per heavy atom. The van der Waals surface area contributed by atoms with E-state index in [1.54, 1.807) is 6.92 Å². The molecular formula is C11H12N3O5+. The minimum absolute atomic E-state index is 0.0778. The highest BCUT2D eigenvalue weighted by molar-refractivity contribution is 5.45. The molecule has 1 rings (SSSR count). The number of diazo groups is 1. The first kappa shape index (κ1) is 14.4. The van der Waals surface area contributed by atoms with Crippen LogP contribution in [-0.2, 0) is 4.74 Å². The topological polar surface area (TPSA) is 121 Å². The van der Waals surface area contributed by atoms with Crippen molar-refractivity contribution in [1.29, 1.82) is 5.39 Å². The van der Waals surface area contributed by atoms with Gasteiger partial charge in [-0.15, -0.1) is 0 Å². The molecule has 19 heavy (non-hydrogen) atoms. The molecule has 2 N–H and O–H groups in total. The lowest BCUT2D eigenvalue weighted by atomic mass is 10.1. The van der Waals surface area contributed by atoms with Gasteiger partial charge in [-0.1, -0.05) is 12.1 Å². The molecule has 1 aromatic carbocycles. The smallest absolute Gasteiger partial charge is 0.473 e. The normalized spacial score (nSPS) is 13.1. The van der Waals surface area contributed by atoms with Gasteiger partial charge in [-0.3, -0.25) is 10.1 Å². The van der Waals surface area contributed by atoms with Crippen molar-refractivity contribution in [3.8, 4) is 0 Å². The zero-order chi connectivity index (χ0) is 14.4. The Bertz CT molecular complexity index is 550. The number of nitrogens with zero attached hydrogens (tertiary/aromatic N) is 3. The summed E-state index contributed by atoms with van der Waals surface area (Å²) in [5.41, 5.74) is -1.08. The maximum absolute atomic E-state index is 10.8. The number of para-hydroxylation sites is 1. The first-order valence-corrected chi connectivity index (χ1v) is 5.35. The molecule has 0 amide bonds. The van der Waals surface area contributed by atoms with Gasteiger partial charge in [0.2, 0.25) is 11.5 Å². The van der Waals surface area contributed by atoms with Gasteiger partial charge in [0.05, 0.1) is 17.1 Å². The molecule has 1 unspecified atom stereocenters. The van der Waals surface area contributed by atoms with Gasteiger partial charge in [-0.25, -0.2) is 0 Å². The van der Waals surface area contributed by atoms with E-state index < -0.39 is 22.7 Å². The predicted molar refractivity (Wildman–Crippen MR) is 64.4 cm³/mol. The molecule has 0 aromatic heterocycles. The summed E-state index contributed by atoms with van der Waals surface area (Å²) in [6.45, 7) is 1.65. The molecule has 1 aromatic rings. The van der Waals surface area contributed by atoms with Crippen molar-refractivity contribution in [2.24, 2.45) is 0 Å². The number of nitro groups is 1. The summed E-state index contributed by atoms with van der Waals surface area (Å²) in [6.07, 6.45) is -1.68. The van der Waals surface area contributed by atoms with Crippen LogP contribution in [0.4, 0.5) is 5.69 Å². The minimum atomic E-state index is -1.68. The van der Waals surface area contributed by atoms with Crippen LogP contribution in [0.3, 0.4) is 0 Å². The number of aliphatic hydroxyl groups is 2. The Labute approximate surface area is 108 Å². The zero-order valence-electron chi connectivity index (χ0n) is 10.1. The second-order valence-corrected chi connectivity index (χ2v) is 3.44. The summed E-state index contributed by atoms with van der Waals surface area (Å²) in [7, 11) is 0. The Morgan fingerprint density at radius 2 is 2.21 bits per heavy atom. The molecule has 0 fully saturated rings. The van der Waals surface area contributed by atoms with E-state index in [1.165, 1.54) is 24.3 Å². The Hall–Kier alpha value is -2.66. The third-order valence-corrected chi connectivity index (χ3v) is 2.29. The van der Waals surface area contributed by atoms with E-state index in [2.05, 4.69) is 9.71 Å². The number of rotatable bonds is 5. The molecule has 0 saturated heterocycles. The van der Waals surface area contributed by atoms with Crippen molar-refractivity contribution in [2.75, 3.05) is 6.61 Å². The fraction of sp³-hybridized carbons (Fsp3) is 0.273. The van der Waals surface area contributed by atoms with Gasteiger partial charge in [0.1, 0.15) is 0 Å². The fourth-order valence-electron chi connectivity index (χ4n) is 1.46. The van der Waals surface area contributed by atoms with Crippen molar-refractivity contribution in [3.63, 3.8) is 0 Å². The first-order chi connectivity index (χ1) is 9.02. The number of ether oxygens (including phenoxy) is 1. The molecule has 0 heterocycles. The lowest BCUT2D eigenvalue weighted by Crippen LogP contribution is -2.07. The van der Waals surface area contributed by atoms with E-state index in [-0.39, 0.29) is 17.9 Å². The third kappa shape index (κ3) is 3.17. The van der Waals surface area contributed by atoms with E-state index in [9.17, 15) is 20.3 Å². The predicted octanol–water partition coefficient (Wildman–Crippen LogP) is 2.24. The van der Waals surface area contributed by atoms with Gasteiger partial charge in [0.25, 0.3) is 5.69 Å². The van der Waals surface area contributed by atoms with Gasteiger partial charge in [0, 0.05) is 6.07 Å². The monoisotopic (exact) mass is 266 g/mol. The van der Waals surface area contributed by atoms with E-state index in [0.717, 1.165) is 0 Å². The highest BCUT2D eigenvalue weighted by Gasteiger charge is 2.36. The summed E-state index contributed by atoms with van der Waals surface area (Å²) in [5.74, 6) is -0.796. The number of nitro benzene ring substituents is 1. The number of aliphatic hydroxyl groups excluding tert-OH is 2. The molecule has 8 heteroatoms. The molecule has 100 valence electrons. The molecule has 0 aliphatic heterocycles. The maximum Gasteiger partial charge on any atom is 0.473 e. The molecule has 8 nitrogen and oxygen atoms in total. The number of hydrogen-bond donors (Lipinski definition) is 2. The minimum Gasteiger partial charge on any atom is -0.475 e. The molecular weight excluding hydrogens is 254 g/mol. The van der Waals surface area contributed by atoms with Crippen LogP contribution < -0.4 is 0 Å². The van der Waals surface area contributed by atoms with Crippen LogP contribution in [0.2, 0.25) is 0 Å². The lowest BCUT2D eigenvalue weighted by molar-refractivity contribution is -0.386. The Morgan fingerprint density at radius 1 is 1.58 bits per heavy atom. The standard InChI is InChI=1S/C11H11N3O5/c1-2-19-11(16)9(13-12)10(15)7-5-3-4-6-8(7)14(17)18/h3-6,10,15H,2H2,1H3/p+1/b11-9-. The van der Waals surface area contributed by atoms with Crippen molar-refractivity contribution >= 4 is 5.69 Å². The summed E-state index contributed by atoms with van der Waals surface area (Å²) >= 11 is 0. The van der Waals surface area contributed by atoms with Gasteiger partial charge in [-0.05, 0) is 13.0 Å². The molecule has 0 bridgehead atoms. The van der Waals surface area contributed by atoms with Crippen molar-refractivity contribution < 1.29 is 19.9 Å². The molecule has 0 aliphatic carbocycles. The van der Waals surface area contributed by atoms with Gasteiger partial charge in [-0.2, -0.15) is 0 Å². The highest BCUT2D eigenvalue weighted by atomic mass is 16.6. The van der Waals surface area contributed by atoms with E-state index in [4.69, 9.17) is 5.39 Å². The number of benzene rings is 1. The zero-order valence-corrected chi connectivity index (χ0v) is 10.1. The second kappa shape index (κ2) is 6.32. The highest BCUT2D eigenvalue weighted by Crippen LogP contribution is 2.31. The van der Waals surface area contributed by atoms with E-state index in [0.29, 0.717) is 0 Å². The molecule has 0 saturated carbocycles. The molecule has 1 atom stereocenters. The van der Waals surface area contributed by atoms with Crippen LogP contribution in [0.15, 0.2) is 35.9 Å². The van der Waals surface area contributed by atoms with Crippen molar-refractivity contribution in [3.05, 3.63) is 56.6 Å². The van der Waals surface area contributed by atoms with Crippen LogP contribution in [-0.4, -0.2) is 21.7 Å². The fourth-order valence-corrected chi connectivity index (χ4v) is 1.46. The maximum atomic E-state index is 10.8. The Kier molecular flexibility index (Phi) is 4.79. The van der Waals surface area contributed by atoms with Gasteiger partial charge >= 0.3 is 11.6 Å². The third-order valence-electron chi connectivity index (χ3n) is 2.29. The lowest BCUT2D eigenvalue weighted by Gasteiger charge is -2.05. The number of hydrogen-bond acceptors (Lipinski definition) is 6. The molecule has 0 spiro atoms. The van der Waals surface area contributed by atoms with Crippen LogP contribution in [0.1, 0.15) is 18.6 Å². The first-order valence-electron chi connectivity index (χ1n) is 5.35. The summed E-state index contributed by atoms with van der Waals surface area (Å²) in [4.78, 5) is 12.9. The molecule has 0 radical (unpaired) electrons. The van der Waals surface area contributed by atoms with Crippen molar-refractivity contribution in [1.82, 2.24) is 0 Å². The molecule has 0 aliphatic rings. The van der Waals surface area contributed by atoms with Crippen LogP contribution in [0, 0.1) is 15.5 Å². The quantitative estimate of drug-likeness (QED) is 0.365. The van der Waals surface area contributed by atoms with E-state index in [1.807, 2.05) is 0 Å². The van der Waals surface area contributed by atoms with Gasteiger partial charge < -0.3 is 14.9 Å². The average Bonchev–Trinajstić information content (AvgIpc) is 2.39. The van der Waals surface area contributed by atoms with E-state index >= 15 is 0 Å². The largest absolute Gasteiger partial charge is 0.475 e. The van der Waals surface area contributed by atoms with Crippen LogP contribution in [0.5, 0.6) is 0 Å². The average molecular weight is 266 g/mol.